The van der Waals surface area contributed by atoms with E-state index < -0.39 is 0 Å². The summed E-state index contributed by atoms with van der Waals surface area (Å²) in [6, 6.07) is 4.14. The molecule has 0 aliphatic carbocycles. The van der Waals surface area contributed by atoms with Crippen molar-refractivity contribution in [2.75, 3.05) is 38.5 Å². The lowest BCUT2D eigenvalue weighted by Crippen LogP contribution is -2.52. The number of pyridine rings is 1. The molecule has 1 atom stereocenters. The molecule has 0 radical (unpaired) electrons. The topological polar surface area (TPSA) is 48.5 Å². The average molecular weight is 276 g/mol. The first kappa shape index (κ1) is 14.8. The monoisotopic (exact) mass is 276 g/mol. The van der Waals surface area contributed by atoms with Gasteiger partial charge in [-0.05, 0) is 32.5 Å². The molecule has 1 saturated heterocycles. The maximum atomic E-state index is 12.4. The van der Waals surface area contributed by atoms with E-state index in [1.807, 2.05) is 17.0 Å². The van der Waals surface area contributed by atoms with Crippen molar-refractivity contribution in [2.24, 2.45) is 0 Å². The molecule has 20 heavy (non-hydrogen) atoms. The molecule has 1 aromatic heterocycles. The average Bonchev–Trinajstić information content (AvgIpc) is 2.48. The van der Waals surface area contributed by atoms with Gasteiger partial charge in [-0.15, -0.1) is 0 Å². The van der Waals surface area contributed by atoms with E-state index >= 15 is 0 Å². The Kier molecular flexibility index (Phi) is 4.95. The molecule has 2 heterocycles. The summed E-state index contributed by atoms with van der Waals surface area (Å²) in [5.74, 6) is 0.0343. The van der Waals surface area contributed by atoms with Gasteiger partial charge in [-0.1, -0.05) is 6.92 Å². The molecule has 1 aromatic rings. The number of nitrogens with zero attached hydrogens (tertiary/aromatic N) is 3. The quantitative estimate of drug-likeness (QED) is 0.909. The first-order valence-corrected chi connectivity index (χ1v) is 7.31. The fourth-order valence-electron chi connectivity index (χ4n) is 2.29. The zero-order valence-electron chi connectivity index (χ0n) is 12.6. The van der Waals surface area contributed by atoms with E-state index in [2.05, 4.69) is 36.1 Å². The van der Waals surface area contributed by atoms with Crippen molar-refractivity contribution in [3.8, 4) is 0 Å². The van der Waals surface area contributed by atoms with Gasteiger partial charge in [0.2, 0.25) is 0 Å². The Morgan fingerprint density at radius 3 is 2.85 bits per heavy atom. The van der Waals surface area contributed by atoms with Gasteiger partial charge in [0, 0.05) is 32.2 Å². The van der Waals surface area contributed by atoms with Crippen molar-refractivity contribution in [1.82, 2.24) is 14.8 Å². The zero-order chi connectivity index (χ0) is 14.5. The largest absolute Gasteiger partial charge is 0.384 e. The van der Waals surface area contributed by atoms with Gasteiger partial charge in [0.05, 0.1) is 11.9 Å². The molecule has 0 aromatic carbocycles. The van der Waals surface area contributed by atoms with Crippen molar-refractivity contribution in [3.05, 3.63) is 24.0 Å². The second kappa shape index (κ2) is 6.70. The lowest BCUT2D eigenvalue weighted by Gasteiger charge is -2.37. The molecule has 110 valence electrons. The molecule has 0 spiro atoms. The summed E-state index contributed by atoms with van der Waals surface area (Å²) >= 11 is 0. The Labute approximate surface area is 121 Å². The lowest BCUT2D eigenvalue weighted by molar-refractivity contribution is 0.0567. The van der Waals surface area contributed by atoms with Crippen LogP contribution in [0, 0.1) is 0 Å². The second-order valence-electron chi connectivity index (χ2n) is 5.44. The second-order valence-corrected chi connectivity index (χ2v) is 5.44. The summed E-state index contributed by atoms with van der Waals surface area (Å²) in [5.41, 5.74) is 1.50. The number of amides is 1. The maximum absolute atomic E-state index is 12.4. The van der Waals surface area contributed by atoms with Crippen LogP contribution in [0.3, 0.4) is 0 Å². The zero-order valence-corrected chi connectivity index (χ0v) is 12.6. The van der Waals surface area contributed by atoms with Crippen LogP contribution < -0.4 is 5.32 Å². The van der Waals surface area contributed by atoms with Crippen LogP contribution in [-0.2, 0) is 0 Å². The normalized spacial score (nSPS) is 19.9. The van der Waals surface area contributed by atoms with Crippen molar-refractivity contribution in [3.63, 3.8) is 0 Å². The molecule has 1 amide bonds. The molecular weight excluding hydrogens is 252 g/mol. The van der Waals surface area contributed by atoms with Gasteiger partial charge in [-0.25, -0.2) is 4.98 Å². The van der Waals surface area contributed by atoms with Crippen LogP contribution in [-0.4, -0.2) is 60.0 Å². The van der Waals surface area contributed by atoms with Gasteiger partial charge in [-0.3, -0.25) is 4.79 Å². The van der Waals surface area contributed by atoms with E-state index in [0.717, 1.165) is 38.3 Å². The molecule has 5 nitrogen and oxygen atoms in total. The summed E-state index contributed by atoms with van der Waals surface area (Å²) in [7, 11) is 2.10. The van der Waals surface area contributed by atoms with Crippen LogP contribution in [0.5, 0.6) is 0 Å². The molecular formula is C15H24N4O. The number of nitrogens with one attached hydrogen (secondary N) is 1. The third kappa shape index (κ3) is 3.48. The van der Waals surface area contributed by atoms with Crippen LogP contribution in [0.2, 0.25) is 0 Å². The number of anilines is 1. The number of rotatable bonds is 4. The summed E-state index contributed by atoms with van der Waals surface area (Å²) in [6.07, 6.45) is 2.81. The third-order valence-corrected chi connectivity index (χ3v) is 3.81. The number of piperazine rings is 1. The highest BCUT2D eigenvalue weighted by Crippen LogP contribution is 2.12. The maximum Gasteiger partial charge on any atom is 0.272 e. The Bertz CT molecular complexity index is 446. The summed E-state index contributed by atoms with van der Waals surface area (Å²) < 4.78 is 0. The van der Waals surface area contributed by atoms with Crippen LogP contribution >= 0.6 is 0 Å². The van der Waals surface area contributed by atoms with Crippen molar-refractivity contribution < 1.29 is 4.79 Å². The number of carbonyl (C=O) groups excluding carboxylic acids is 1. The van der Waals surface area contributed by atoms with E-state index in [4.69, 9.17) is 0 Å². The number of hydrogen-bond acceptors (Lipinski definition) is 4. The summed E-state index contributed by atoms with van der Waals surface area (Å²) in [5, 5.41) is 3.26. The van der Waals surface area contributed by atoms with E-state index in [-0.39, 0.29) is 5.91 Å². The standard InChI is InChI=1S/C15H24N4O/c1-4-7-16-13-5-6-14(17-10-13)15(20)19-9-8-18(3)12(2)11-19/h5-6,10,12,16H,4,7-9,11H2,1-3H3. The van der Waals surface area contributed by atoms with E-state index in [9.17, 15) is 4.79 Å². The molecule has 1 N–H and O–H groups in total. The number of hydrogen-bond donors (Lipinski definition) is 1. The molecule has 1 fully saturated rings. The first-order valence-electron chi connectivity index (χ1n) is 7.31. The summed E-state index contributed by atoms with van der Waals surface area (Å²) in [4.78, 5) is 20.9. The predicted molar refractivity (Wildman–Crippen MR) is 81.0 cm³/mol. The highest BCUT2D eigenvalue weighted by atomic mass is 16.2. The lowest BCUT2D eigenvalue weighted by atomic mass is 10.2. The Morgan fingerprint density at radius 1 is 1.45 bits per heavy atom. The van der Waals surface area contributed by atoms with Crippen LogP contribution in [0.1, 0.15) is 30.8 Å². The smallest absolute Gasteiger partial charge is 0.272 e. The number of carbonyl (C=O) groups is 1. The molecule has 2 rings (SSSR count). The third-order valence-electron chi connectivity index (χ3n) is 3.81. The highest BCUT2D eigenvalue weighted by molar-refractivity contribution is 5.92. The fraction of sp³-hybridized carbons (Fsp3) is 0.600. The van der Waals surface area contributed by atoms with Gasteiger partial charge < -0.3 is 15.1 Å². The predicted octanol–water partition coefficient (Wildman–Crippen LogP) is 1.68. The van der Waals surface area contributed by atoms with Gasteiger partial charge in [0.1, 0.15) is 5.69 Å². The molecule has 5 heteroatoms. The Balaban J connectivity index is 1.98. The highest BCUT2D eigenvalue weighted by Gasteiger charge is 2.25. The Hall–Kier alpha value is -1.62. The Morgan fingerprint density at radius 2 is 2.25 bits per heavy atom. The van der Waals surface area contributed by atoms with Crippen molar-refractivity contribution in [1.29, 1.82) is 0 Å². The van der Waals surface area contributed by atoms with Crippen LogP contribution in [0.4, 0.5) is 5.69 Å². The van der Waals surface area contributed by atoms with Gasteiger partial charge in [0.25, 0.3) is 5.91 Å². The molecule has 1 aliphatic heterocycles. The first-order chi connectivity index (χ1) is 9.61. The van der Waals surface area contributed by atoms with Gasteiger partial charge in [-0.2, -0.15) is 0 Å². The van der Waals surface area contributed by atoms with Gasteiger partial charge >= 0.3 is 0 Å². The van der Waals surface area contributed by atoms with Crippen LogP contribution in [0.25, 0.3) is 0 Å². The molecule has 1 unspecified atom stereocenters. The van der Waals surface area contributed by atoms with Crippen molar-refractivity contribution >= 4 is 11.6 Å². The van der Waals surface area contributed by atoms with Crippen LogP contribution in [0.15, 0.2) is 18.3 Å². The van der Waals surface area contributed by atoms with Crippen molar-refractivity contribution in [2.45, 2.75) is 26.3 Å². The number of likely N-dealkylation sites (N-methyl/N-ethyl adjacent to an activating group) is 1. The molecule has 0 saturated carbocycles. The minimum absolute atomic E-state index is 0.0343. The SMILES string of the molecule is CCCNc1ccc(C(=O)N2CCN(C)C(C)C2)nc1. The summed E-state index contributed by atoms with van der Waals surface area (Å²) in [6.45, 7) is 7.65. The fourth-order valence-corrected chi connectivity index (χ4v) is 2.29. The van der Waals surface area contributed by atoms with E-state index in [0.29, 0.717) is 11.7 Å². The minimum Gasteiger partial charge on any atom is -0.384 e. The van der Waals surface area contributed by atoms with E-state index in [1.54, 1.807) is 6.20 Å². The molecule has 1 aliphatic rings. The molecule has 0 bridgehead atoms. The minimum atomic E-state index is 0.0343. The van der Waals surface area contributed by atoms with Gasteiger partial charge in [0.15, 0.2) is 0 Å². The van der Waals surface area contributed by atoms with E-state index in [1.165, 1.54) is 0 Å². The number of aromatic nitrogens is 1.